The molecule has 0 N–H and O–H groups in total. The molecule has 1 amide bonds. The lowest BCUT2D eigenvalue weighted by Gasteiger charge is -2.30. The number of nitrogens with zero attached hydrogens (tertiary/aromatic N) is 2. The molecule has 6 heteroatoms. The molecule has 5 nitrogen and oxygen atoms in total. The molecule has 0 atom stereocenters. The van der Waals surface area contributed by atoms with Crippen LogP contribution in [0.25, 0.3) is 0 Å². The van der Waals surface area contributed by atoms with Crippen LogP contribution in [0.1, 0.15) is 33.5 Å². The van der Waals surface area contributed by atoms with Gasteiger partial charge in [0.15, 0.2) is 0 Å². The number of aryl methyl sites for hydroxylation is 1. The summed E-state index contributed by atoms with van der Waals surface area (Å²) in [6.45, 7) is 1.43. The fourth-order valence-electron chi connectivity index (χ4n) is 4.51. The third kappa shape index (κ3) is 3.66. The minimum absolute atomic E-state index is 0.159. The Balaban J connectivity index is 1.44. The van der Waals surface area contributed by atoms with Crippen LogP contribution in [0.4, 0.5) is 5.69 Å². The van der Waals surface area contributed by atoms with E-state index in [2.05, 4.69) is 6.07 Å². The number of hydrogen-bond donors (Lipinski definition) is 0. The van der Waals surface area contributed by atoms with Gasteiger partial charge in [0.1, 0.15) is 0 Å². The Morgan fingerprint density at radius 3 is 2.35 bits per heavy atom. The van der Waals surface area contributed by atoms with Gasteiger partial charge in [-0.2, -0.15) is 4.31 Å². The van der Waals surface area contributed by atoms with Crippen molar-refractivity contribution < 1.29 is 13.2 Å². The number of hydrogen-bond acceptors (Lipinski definition) is 3. The highest BCUT2D eigenvalue weighted by Crippen LogP contribution is 2.29. The van der Waals surface area contributed by atoms with Gasteiger partial charge in [-0.1, -0.05) is 48.5 Å². The van der Waals surface area contributed by atoms with Crippen LogP contribution in [-0.4, -0.2) is 31.7 Å². The van der Waals surface area contributed by atoms with Crippen molar-refractivity contribution in [3.63, 3.8) is 0 Å². The Morgan fingerprint density at radius 2 is 1.52 bits per heavy atom. The minimum Gasteiger partial charge on any atom is -0.308 e. The molecule has 0 spiro atoms. The maximum atomic E-state index is 13.3. The zero-order valence-corrected chi connectivity index (χ0v) is 18.0. The Morgan fingerprint density at radius 1 is 0.774 bits per heavy atom. The van der Waals surface area contributed by atoms with E-state index < -0.39 is 10.0 Å². The molecule has 0 unspecified atom stereocenters. The molecule has 0 fully saturated rings. The summed E-state index contributed by atoms with van der Waals surface area (Å²) in [7, 11) is -3.69. The minimum atomic E-state index is -3.69. The first-order chi connectivity index (χ1) is 15.0. The number of anilines is 1. The zero-order chi connectivity index (χ0) is 21.4. The molecular formula is C25H24N2O3S. The number of fused-ring (bicyclic) bond motifs is 2. The maximum Gasteiger partial charge on any atom is 0.258 e. The quantitative estimate of drug-likeness (QED) is 0.628. The molecule has 0 aliphatic carbocycles. The van der Waals surface area contributed by atoms with Gasteiger partial charge in [-0.15, -0.1) is 0 Å². The van der Waals surface area contributed by atoms with Crippen LogP contribution in [0.5, 0.6) is 0 Å². The first-order valence-electron chi connectivity index (χ1n) is 10.6. The number of carbonyl (C=O) groups excluding carboxylic acids is 1. The lowest BCUT2D eigenvalue weighted by atomic mass is 10.0. The molecule has 158 valence electrons. The van der Waals surface area contributed by atoms with E-state index in [1.807, 2.05) is 42.5 Å². The molecule has 0 bridgehead atoms. The van der Waals surface area contributed by atoms with Crippen molar-refractivity contribution in [1.82, 2.24) is 4.31 Å². The Kier molecular flexibility index (Phi) is 5.12. The van der Waals surface area contributed by atoms with Crippen molar-refractivity contribution in [2.45, 2.75) is 30.7 Å². The largest absolute Gasteiger partial charge is 0.308 e. The van der Waals surface area contributed by atoms with Gasteiger partial charge in [0.05, 0.1) is 4.90 Å². The third-order valence-corrected chi connectivity index (χ3v) is 8.01. The first-order valence-corrected chi connectivity index (χ1v) is 12.0. The molecule has 0 saturated heterocycles. The second kappa shape index (κ2) is 7.94. The van der Waals surface area contributed by atoms with Gasteiger partial charge < -0.3 is 4.90 Å². The standard InChI is InChI=1S/C25H24N2O3S/c28-25(27-15-6-11-20-8-3-4-13-24(20)27)21-10-5-12-23(17-21)31(29,30)26-16-14-19-7-1-2-9-22(19)18-26/h1-5,7-10,12-13,17H,6,11,14-16,18H2. The molecule has 0 radical (unpaired) electrons. The van der Waals surface area contributed by atoms with Crippen LogP contribution < -0.4 is 4.90 Å². The van der Waals surface area contributed by atoms with Gasteiger partial charge >= 0.3 is 0 Å². The molecule has 0 saturated carbocycles. The number of rotatable bonds is 3. The SMILES string of the molecule is O=C(c1cccc(S(=O)(=O)N2CCc3ccccc3C2)c1)N1CCCc2ccccc21. The molecule has 2 aliphatic rings. The van der Waals surface area contributed by atoms with Crippen molar-refractivity contribution in [2.75, 3.05) is 18.0 Å². The van der Waals surface area contributed by atoms with Gasteiger partial charge in [0.25, 0.3) is 5.91 Å². The van der Waals surface area contributed by atoms with Gasteiger partial charge in [-0.05, 0) is 60.2 Å². The molecular weight excluding hydrogens is 408 g/mol. The second-order valence-electron chi connectivity index (χ2n) is 8.07. The van der Waals surface area contributed by atoms with Crippen LogP contribution in [0, 0.1) is 0 Å². The van der Waals surface area contributed by atoms with E-state index in [0.717, 1.165) is 29.7 Å². The van der Waals surface area contributed by atoms with Gasteiger partial charge in [-0.25, -0.2) is 8.42 Å². The highest BCUT2D eigenvalue weighted by Gasteiger charge is 2.30. The van der Waals surface area contributed by atoms with Gasteiger partial charge in [0, 0.05) is 30.9 Å². The zero-order valence-electron chi connectivity index (χ0n) is 17.2. The fraction of sp³-hybridized carbons (Fsp3) is 0.240. The predicted molar refractivity (Wildman–Crippen MR) is 121 cm³/mol. The smallest absolute Gasteiger partial charge is 0.258 e. The monoisotopic (exact) mass is 432 g/mol. The molecule has 5 rings (SSSR count). The van der Waals surface area contributed by atoms with Crippen molar-refractivity contribution in [2.24, 2.45) is 0 Å². The molecule has 31 heavy (non-hydrogen) atoms. The summed E-state index contributed by atoms with van der Waals surface area (Å²) in [4.78, 5) is 15.2. The lowest BCUT2D eigenvalue weighted by Crippen LogP contribution is -2.37. The number of carbonyl (C=O) groups is 1. The van der Waals surface area contributed by atoms with Gasteiger partial charge in [0.2, 0.25) is 10.0 Å². The van der Waals surface area contributed by atoms with E-state index in [1.54, 1.807) is 23.1 Å². The normalized spacial score (nSPS) is 16.5. The summed E-state index contributed by atoms with van der Waals surface area (Å²) in [6, 6.07) is 22.3. The van der Waals surface area contributed by atoms with Crippen LogP contribution in [0.15, 0.2) is 77.7 Å². The van der Waals surface area contributed by atoms with E-state index in [4.69, 9.17) is 0 Å². The number of sulfonamides is 1. The van der Waals surface area contributed by atoms with Crippen molar-refractivity contribution in [1.29, 1.82) is 0 Å². The summed E-state index contributed by atoms with van der Waals surface area (Å²) in [6.07, 6.45) is 2.54. The van der Waals surface area contributed by atoms with Crippen molar-refractivity contribution in [3.8, 4) is 0 Å². The molecule has 3 aromatic carbocycles. The lowest BCUT2D eigenvalue weighted by molar-refractivity contribution is 0.0985. The first kappa shape index (κ1) is 20.0. The van der Waals surface area contributed by atoms with Crippen molar-refractivity contribution in [3.05, 3.63) is 95.1 Å². The topological polar surface area (TPSA) is 57.7 Å². The van der Waals surface area contributed by atoms with Crippen molar-refractivity contribution >= 4 is 21.6 Å². The number of benzene rings is 3. The molecule has 0 aromatic heterocycles. The summed E-state index contributed by atoms with van der Waals surface area (Å²) in [5.74, 6) is -0.159. The summed E-state index contributed by atoms with van der Waals surface area (Å²) >= 11 is 0. The van der Waals surface area contributed by atoms with E-state index in [0.29, 0.717) is 31.6 Å². The Labute approximate surface area is 183 Å². The Bertz CT molecular complexity index is 1250. The van der Waals surface area contributed by atoms with E-state index in [9.17, 15) is 13.2 Å². The Hall–Kier alpha value is -2.96. The summed E-state index contributed by atoms with van der Waals surface area (Å²) in [5.41, 5.74) is 4.70. The predicted octanol–water partition coefficient (Wildman–Crippen LogP) is 4.03. The average Bonchev–Trinajstić information content (AvgIpc) is 2.83. The van der Waals surface area contributed by atoms with Crippen LogP contribution >= 0.6 is 0 Å². The fourth-order valence-corrected chi connectivity index (χ4v) is 5.98. The van der Waals surface area contributed by atoms with E-state index in [-0.39, 0.29) is 10.8 Å². The second-order valence-corrected chi connectivity index (χ2v) is 10.0. The molecule has 2 heterocycles. The molecule has 2 aliphatic heterocycles. The number of amides is 1. The van der Waals surface area contributed by atoms with E-state index >= 15 is 0 Å². The molecule has 3 aromatic rings. The van der Waals surface area contributed by atoms with Crippen LogP contribution in [0.3, 0.4) is 0 Å². The van der Waals surface area contributed by atoms with Crippen LogP contribution in [0.2, 0.25) is 0 Å². The number of para-hydroxylation sites is 1. The van der Waals surface area contributed by atoms with E-state index in [1.165, 1.54) is 15.9 Å². The summed E-state index contributed by atoms with van der Waals surface area (Å²) in [5, 5.41) is 0. The summed E-state index contributed by atoms with van der Waals surface area (Å²) < 4.78 is 28.2. The highest BCUT2D eigenvalue weighted by molar-refractivity contribution is 7.89. The average molecular weight is 433 g/mol. The van der Waals surface area contributed by atoms with Crippen LogP contribution in [-0.2, 0) is 29.4 Å². The third-order valence-electron chi connectivity index (χ3n) is 6.17. The maximum absolute atomic E-state index is 13.3. The highest BCUT2D eigenvalue weighted by atomic mass is 32.2. The van der Waals surface area contributed by atoms with Gasteiger partial charge in [-0.3, -0.25) is 4.79 Å².